The van der Waals surface area contributed by atoms with Gasteiger partial charge in [0.05, 0.1) is 16.8 Å². The number of carbonyl (C=O) groups is 1. The maximum Gasteiger partial charge on any atom is 0.272 e. The Labute approximate surface area is 167 Å². The van der Waals surface area contributed by atoms with Crippen LogP contribution in [0.25, 0.3) is 0 Å². The van der Waals surface area contributed by atoms with Gasteiger partial charge in [-0.2, -0.15) is 5.10 Å². The van der Waals surface area contributed by atoms with Crippen molar-refractivity contribution in [2.24, 2.45) is 5.10 Å². The number of nitrogens with zero attached hydrogens (tertiary/aromatic N) is 1. The Morgan fingerprint density at radius 2 is 1.78 bits per heavy atom. The molecule has 0 aliphatic rings. The van der Waals surface area contributed by atoms with E-state index in [2.05, 4.69) is 10.5 Å². The Morgan fingerprint density at radius 1 is 1.00 bits per heavy atom. The molecule has 0 aliphatic carbocycles. The number of benzene rings is 3. The normalized spacial score (nSPS) is 10.7. The van der Waals surface area contributed by atoms with Crippen LogP contribution in [-0.4, -0.2) is 12.1 Å². The standard InChI is InChI=1S/C21H16Cl2N2O2/c22-17-10-8-15(9-11-17)14-27-18-5-3-4-16(12-18)13-24-25-21(26)19-6-1-2-7-20(19)23/h1-13H,14H2,(H,25,26). The Kier molecular flexibility index (Phi) is 6.47. The summed E-state index contributed by atoms with van der Waals surface area (Å²) in [5.74, 6) is 0.332. The first-order valence-corrected chi connectivity index (χ1v) is 8.92. The molecule has 0 heterocycles. The SMILES string of the molecule is O=C(NN=Cc1cccc(OCc2ccc(Cl)cc2)c1)c1ccccc1Cl. The summed E-state index contributed by atoms with van der Waals surface area (Å²) in [6.45, 7) is 0.432. The zero-order chi connectivity index (χ0) is 19.1. The molecule has 0 saturated carbocycles. The van der Waals surface area contributed by atoms with Crippen LogP contribution in [0.3, 0.4) is 0 Å². The lowest BCUT2D eigenvalue weighted by atomic mass is 10.2. The molecule has 0 radical (unpaired) electrons. The number of ether oxygens (including phenoxy) is 1. The van der Waals surface area contributed by atoms with Gasteiger partial charge in [0.2, 0.25) is 0 Å². The molecule has 0 aliphatic heterocycles. The zero-order valence-corrected chi connectivity index (χ0v) is 15.7. The van der Waals surface area contributed by atoms with Crippen LogP contribution >= 0.6 is 23.2 Å². The lowest BCUT2D eigenvalue weighted by Crippen LogP contribution is -2.17. The molecule has 1 N–H and O–H groups in total. The van der Waals surface area contributed by atoms with Gasteiger partial charge in [-0.25, -0.2) is 5.43 Å². The second kappa shape index (κ2) is 9.21. The lowest BCUT2D eigenvalue weighted by Gasteiger charge is -2.07. The quantitative estimate of drug-likeness (QED) is 0.450. The highest BCUT2D eigenvalue weighted by Gasteiger charge is 2.07. The van der Waals surface area contributed by atoms with Crippen LogP contribution in [0.2, 0.25) is 10.0 Å². The Morgan fingerprint density at radius 3 is 2.56 bits per heavy atom. The maximum atomic E-state index is 12.1. The zero-order valence-electron chi connectivity index (χ0n) is 14.2. The molecule has 1 amide bonds. The van der Waals surface area contributed by atoms with Gasteiger partial charge in [-0.15, -0.1) is 0 Å². The molecule has 0 atom stereocenters. The molecule has 0 saturated heterocycles. The minimum Gasteiger partial charge on any atom is -0.489 e. The highest BCUT2D eigenvalue weighted by molar-refractivity contribution is 6.33. The smallest absolute Gasteiger partial charge is 0.272 e. The van der Waals surface area contributed by atoms with Gasteiger partial charge in [0.1, 0.15) is 12.4 Å². The second-order valence-corrected chi connectivity index (χ2v) is 6.51. The van der Waals surface area contributed by atoms with E-state index in [-0.39, 0.29) is 5.91 Å². The molecular formula is C21H16Cl2N2O2. The van der Waals surface area contributed by atoms with Gasteiger partial charge in [-0.1, -0.05) is 59.6 Å². The van der Waals surface area contributed by atoms with E-state index in [4.69, 9.17) is 27.9 Å². The summed E-state index contributed by atoms with van der Waals surface area (Å²) in [6, 6.07) is 21.7. The Hall–Kier alpha value is -2.82. The molecule has 27 heavy (non-hydrogen) atoms. The number of hydrazone groups is 1. The lowest BCUT2D eigenvalue weighted by molar-refractivity contribution is 0.0955. The number of nitrogens with one attached hydrogen (secondary N) is 1. The van der Waals surface area contributed by atoms with E-state index in [0.717, 1.165) is 11.1 Å². The number of rotatable bonds is 6. The molecule has 0 aromatic heterocycles. The molecule has 0 spiro atoms. The molecule has 3 rings (SSSR count). The monoisotopic (exact) mass is 398 g/mol. The molecule has 3 aromatic rings. The number of halogens is 2. The van der Waals surface area contributed by atoms with E-state index in [1.165, 1.54) is 0 Å². The summed E-state index contributed by atoms with van der Waals surface area (Å²) in [7, 11) is 0. The fourth-order valence-electron chi connectivity index (χ4n) is 2.30. The van der Waals surface area contributed by atoms with Crippen molar-refractivity contribution in [3.05, 3.63) is 99.5 Å². The molecule has 6 heteroatoms. The van der Waals surface area contributed by atoms with E-state index >= 15 is 0 Å². The van der Waals surface area contributed by atoms with Crippen LogP contribution in [-0.2, 0) is 6.61 Å². The molecule has 136 valence electrons. The second-order valence-electron chi connectivity index (χ2n) is 5.67. The maximum absolute atomic E-state index is 12.1. The van der Waals surface area contributed by atoms with Crippen LogP contribution in [0.4, 0.5) is 0 Å². The van der Waals surface area contributed by atoms with Crippen molar-refractivity contribution < 1.29 is 9.53 Å². The molecule has 4 nitrogen and oxygen atoms in total. The van der Waals surface area contributed by atoms with Crippen molar-refractivity contribution >= 4 is 35.3 Å². The summed E-state index contributed by atoms with van der Waals surface area (Å²) >= 11 is 11.9. The van der Waals surface area contributed by atoms with Crippen LogP contribution < -0.4 is 10.2 Å². The largest absolute Gasteiger partial charge is 0.489 e. The number of amides is 1. The molecule has 0 bridgehead atoms. The van der Waals surface area contributed by atoms with Gasteiger partial charge in [0.25, 0.3) is 5.91 Å². The minimum absolute atomic E-state index is 0.369. The average molecular weight is 399 g/mol. The van der Waals surface area contributed by atoms with E-state index in [0.29, 0.717) is 28.0 Å². The molecule has 3 aromatic carbocycles. The first-order chi connectivity index (χ1) is 13.1. The molecular weight excluding hydrogens is 383 g/mol. The van der Waals surface area contributed by atoms with Crippen LogP contribution in [0.15, 0.2) is 77.9 Å². The third-order valence-electron chi connectivity index (χ3n) is 3.68. The highest BCUT2D eigenvalue weighted by Crippen LogP contribution is 2.16. The van der Waals surface area contributed by atoms with Crippen LogP contribution in [0.5, 0.6) is 5.75 Å². The third-order valence-corrected chi connectivity index (χ3v) is 4.26. The Balaban J connectivity index is 1.58. The van der Waals surface area contributed by atoms with Crippen molar-refractivity contribution in [1.29, 1.82) is 0 Å². The summed E-state index contributed by atoms with van der Waals surface area (Å²) in [6.07, 6.45) is 1.55. The Bertz CT molecular complexity index is 956. The third kappa shape index (κ3) is 5.58. The van der Waals surface area contributed by atoms with E-state index in [1.807, 2.05) is 48.5 Å². The fraction of sp³-hybridized carbons (Fsp3) is 0.0476. The van der Waals surface area contributed by atoms with Crippen molar-refractivity contribution in [3.63, 3.8) is 0 Å². The first-order valence-electron chi connectivity index (χ1n) is 8.17. The topological polar surface area (TPSA) is 50.7 Å². The van der Waals surface area contributed by atoms with Gasteiger partial charge in [-0.05, 0) is 47.5 Å². The average Bonchev–Trinajstić information content (AvgIpc) is 2.68. The number of carbonyl (C=O) groups excluding carboxylic acids is 1. The van der Waals surface area contributed by atoms with Crippen molar-refractivity contribution in [3.8, 4) is 5.75 Å². The predicted molar refractivity (Wildman–Crippen MR) is 109 cm³/mol. The summed E-state index contributed by atoms with van der Waals surface area (Å²) in [5, 5.41) is 5.04. The van der Waals surface area contributed by atoms with Gasteiger partial charge >= 0.3 is 0 Å². The molecule has 0 fully saturated rings. The van der Waals surface area contributed by atoms with Crippen molar-refractivity contribution in [2.45, 2.75) is 6.61 Å². The van der Waals surface area contributed by atoms with Gasteiger partial charge in [-0.3, -0.25) is 4.79 Å². The number of hydrogen-bond acceptors (Lipinski definition) is 3. The molecule has 0 unspecified atom stereocenters. The van der Waals surface area contributed by atoms with Crippen molar-refractivity contribution in [1.82, 2.24) is 5.43 Å². The van der Waals surface area contributed by atoms with E-state index in [9.17, 15) is 4.79 Å². The summed E-state index contributed by atoms with van der Waals surface area (Å²) < 4.78 is 5.78. The van der Waals surface area contributed by atoms with Gasteiger partial charge in [0.15, 0.2) is 0 Å². The van der Waals surface area contributed by atoms with Crippen LogP contribution in [0, 0.1) is 0 Å². The summed E-state index contributed by atoms with van der Waals surface area (Å²) in [5.41, 5.74) is 4.65. The fourth-order valence-corrected chi connectivity index (χ4v) is 2.65. The van der Waals surface area contributed by atoms with Crippen molar-refractivity contribution in [2.75, 3.05) is 0 Å². The van der Waals surface area contributed by atoms with Gasteiger partial charge in [0, 0.05) is 5.02 Å². The van der Waals surface area contributed by atoms with Gasteiger partial charge < -0.3 is 4.74 Å². The number of hydrogen-bond donors (Lipinski definition) is 1. The summed E-state index contributed by atoms with van der Waals surface area (Å²) in [4.78, 5) is 12.1. The van der Waals surface area contributed by atoms with E-state index < -0.39 is 0 Å². The van der Waals surface area contributed by atoms with Crippen LogP contribution in [0.1, 0.15) is 21.5 Å². The van der Waals surface area contributed by atoms with E-state index in [1.54, 1.807) is 30.5 Å². The highest BCUT2D eigenvalue weighted by atomic mass is 35.5. The minimum atomic E-state index is -0.369. The predicted octanol–water partition coefficient (Wildman–Crippen LogP) is 5.34. The first kappa shape index (κ1) is 19.0.